The number of nitrogens with zero attached hydrogens (tertiary/aromatic N) is 1. The third-order valence-corrected chi connectivity index (χ3v) is 3.62. The molecule has 1 aromatic rings. The van der Waals surface area contributed by atoms with Crippen molar-refractivity contribution in [3.63, 3.8) is 0 Å². The number of halogens is 1. The summed E-state index contributed by atoms with van der Waals surface area (Å²) in [6.45, 7) is 1.22. The molecule has 0 aliphatic heterocycles. The smallest absolute Gasteiger partial charge is 0.0178 e. The third kappa shape index (κ3) is 2.82. The number of fused-ring (bicyclic) bond motifs is 1. The van der Waals surface area contributed by atoms with Gasteiger partial charge in [-0.3, -0.25) is 0 Å². The molecule has 0 N–H and O–H groups in total. The van der Waals surface area contributed by atoms with Crippen LogP contribution in [0.4, 0.5) is 0 Å². The molecule has 15 heavy (non-hydrogen) atoms. The summed E-state index contributed by atoms with van der Waals surface area (Å²) in [5.41, 5.74) is 3.09. The Bertz CT molecular complexity index is 346. The third-order valence-electron chi connectivity index (χ3n) is 3.12. The van der Waals surface area contributed by atoms with E-state index in [0.29, 0.717) is 0 Å². The molecule has 82 valence electrons. The first-order valence-corrected chi connectivity index (χ1v) is 6.36. The van der Waals surface area contributed by atoms with Crippen molar-refractivity contribution < 1.29 is 0 Å². The van der Waals surface area contributed by atoms with E-state index in [1.54, 1.807) is 11.1 Å². The lowest BCUT2D eigenvalue weighted by Crippen LogP contribution is -2.26. The van der Waals surface area contributed by atoms with Crippen LogP contribution in [0.1, 0.15) is 17.5 Å². The van der Waals surface area contributed by atoms with Gasteiger partial charge in [0.25, 0.3) is 0 Å². The van der Waals surface area contributed by atoms with E-state index in [4.69, 9.17) is 0 Å². The van der Waals surface area contributed by atoms with E-state index in [1.165, 1.54) is 30.3 Å². The highest BCUT2D eigenvalue weighted by Crippen LogP contribution is 2.28. The number of hydrogen-bond donors (Lipinski definition) is 0. The van der Waals surface area contributed by atoms with Crippen LogP contribution in [0.15, 0.2) is 22.7 Å². The average Bonchev–Trinajstić information content (AvgIpc) is 2.17. The van der Waals surface area contributed by atoms with E-state index in [1.807, 2.05) is 0 Å². The molecule has 0 bridgehead atoms. The number of aryl methyl sites for hydroxylation is 1. The van der Waals surface area contributed by atoms with Crippen LogP contribution in [0, 0.1) is 5.92 Å². The van der Waals surface area contributed by atoms with Gasteiger partial charge in [0.2, 0.25) is 0 Å². The molecule has 1 aliphatic carbocycles. The molecule has 1 unspecified atom stereocenters. The zero-order chi connectivity index (χ0) is 10.8. The second-order valence-corrected chi connectivity index (χ2v) is 5.70. The van der Waals surface area contributed by atoms with E-state index >= 15 is 0 Å². The highest BCUT2D eigenvalue weighted by Gasteiger charge is 2.18. The molecule has 0 heterocycles. The van der Waals surface area contributed by atoms with E-state index in [9.17, 15) is 0 Å². The van der Waals surface area contributed by atoms with Crippen LogP contribution in [-0.4, -0.2) is 25.5 Å². The molecule has 0 saturated carbocycles. The Kier molecular flexibility index (Phi) is 3.47. The summed E-state index contributed by atoms with van der Waals surface area (Å²) in [4.78, 5) is 2.30. The number of hydrogen-bond acceptors (Lipinski definition) is 1. The fourth-order valence-corrected chi connectivity index (χ4v) is 2.88. The van der Waals surface area contributed by atoms with Gasteiger partial charge in [-0.1, -0.05) is 22.0 Å². The van der Waals surface area contributed by atoms with E-state index in [-0.39, 0.29) is 0 Å². The SMILES string of the molecule is CN(C)CC1CCc2cc(Br)ccc2C1. The molecule has 1 nitrogen and oxygen atoms in total. The van der Waals surface area contributed by atoms with Crippen LogP contribution in [0.5, 0.6) is 0 Å². The summed E-state index contributed by atoms with van der Waals surface area (Å²) in [5, 5.41) is 0. The maximum atomic E-state index is 3.54. The van der Waals surface area contributed by atoms with Gasteiger partial charge in [-0.2, -0.15) is 0 Å². The van der Waals surface area contributed by atoms with Crippen molar-refractivity contribution in [1.82, 2.24) is 4.90 Å². The average molecular weight is 268 g/mol. The molecule has 2 heteroatoms. The van der Waals surface area contributed by atoms with Crippen molar-refractivity contribution in [3.8, 4) is 0 Å². The molecule has 1 aliphatic rings. The maximum absolute atomic E-state index is 3.54. The molecule has 0 spiro atoms. The lowest BCUT2D eigenvalue weighted by Gasteiger charge is -2.27. The van der Waals surface area contributed by atoms with E-state index in [0.717, 1.165) is 5.92 Å². The summed E-state index contributed by atoms with van der Waals surface area (Å²) in [5.74, 6) is 0.841. The summed E-state index contributed by atoms with van der Waals surface area (Å²) >= 11 is 3.54. The Labute approximate surface area is 101 Å². The molecule has 0 saturated heterocycles. The molecular formula is C13H18BrN. The van der Waals surface area contributed by atoms with Crippen molar-refractivity contribution in [3.05, 3.63) is 33.8 Å². The predicted molar refractivity (Wildman–Crippen MR) is 68.2 cm³/mol. The first-order valence-electron chi connectivity index (χ1n) is 5.57. The summed E-state index contributed by atoms with van der Waals surface area (Å²) < 4.78 is 1.22. The number of rotatable bonds is 2. The lowest BCUT2D eigenvalue weighted by molar-refractivity contribution is 0.302. The van der Waals surface area contributed by atoms with Crippen molar-refractivity contribution in [1.29, 1.82) is 0 Å². The topological polar surface area (TPSA) is 3.24 Å². The van der Waals surface area contributed by atoms with Crippen molar-refractivity contribution >= 4 is 15.9 Å². The Morgan fingerprint density at radius 1 is 1.33 bits per heavy atom. The Balaban J connectivity index is 2.10. The zero-order valence-electron chi connectivity index (χ0n) is 9.46. The van der Waals surface area contributed by atoms with Crippen molar-refractivity contribution in [2.45, 2.75) is 19.3 Å². The Morgan fingerprint density at radius 3 is 2.87 bits per heavy atom. The Hall–Kier alpha value is -0.340. The molecule has 0 fully saturated rings. The van der Waals surface area contributed by atoms with Gasteiger partial charge in [-0.05, 0) is 62.5 Å². The van der Waals surface area contributed by atoms with Crippen LogP contribution in [-0.2, 0) is 12.8 Å². The minimum absolute atomic E-state index is 0.841. The minimum atomic E-state index is 0.841. The standard InChI is InChI=1S/C13H18BrN/c1-15(2)9-10-3-4-12-8-13(14)6-5-11(12)7-10/h5-6,8,10H,3-4,7,9H2,1-2H3. The summed E-state index contributed by atoms with van der Waals surface area (Å²) in [7, 11) is 4.33. The van der Waals surface area contributed by atoms with Gasteiger partial charge in [0.15, 0.2) is 0 Å². The van der Waals surface area contributed by atoms with Crippen LogP contribution >= 0.6 is 15.9 Å². The first kappa shape index (κ1) is 11.2. The fourth-order valence-electron chi connectivity index (χ4n) is 2.47. The summed E-state index contributed by atoms with van der Waals surface area (Å²) in [6, 6.07) is 6.72. The van der Waals surface area contributed by atoms with Crippen LogP contribution in [0.2, 0.25) is 0 Å². The first-order chi connectivity index (χ1) is 7.15. The second-order valence-electron chi connectivity index (χ2n) is 4.78. The van der Waals surface area contributed by atoms with Crippen LogP contribution in [0.3, 0.4) is 0 Å². The number of benzene rings is 1. The highest BCUT2D eigenvalue weighted by molar-refractivity contribution is 9.10. The molecule has 0 amide bonds. The fraction of sp³-hybridized carbons (Fsp3) is 0.538. The molecule has 2 rings (SSSR count). The van der Waals surface area contributed by atoms with Gasteiger partial charge in [-0.15, -0.1) is 0 Å². The lowest BCUT2D eigenvalue weighted by atomic mass is 9.84. The maximum Gasteiger partial charge on any atom is 0.0178 e. The predicted octanol–water partition coefficient (Wildman–Crippen LogP) is 3.12. The van der Waals surface area contributed by atoms with Gasteiger partial charge in [0, 0.05) is 11.0 Å². The highest BCUT2D eigenvalue weighted by atomic mass is 79.9. The van der Waals surface area contributed by atoms with Crippen LogP contribution in [0.25, 0.3) is 0 Å². The van der Waals surface area contributed by atoms with Gasteiger partial charge in [0.1, 0.15) is 0 Å². The van der Waals surface area contributed by atoms with Gasteiger partial charge in [-0.25, -0.2) is 0 Å². The zero-order valence-corrected chi connectivity index (χ0v) is 11.0. The monoisotopic (exact) mass is 267 g/mol. The molecular weight excluding hydrogens is 250 g/mol. The van der Waals surface area contributed by atoms with E-state index < -0.39 is 0 Å². The molecule has 0 radical (unpaired) electrons. The van der Waals surface area contributed by atoms with Crippen molar-refractivity contribution in [2.75, 3.05) is 20.6 Å². The minimum Gasteiger partial charge on any atom is -0.309 e. The Morgan fingerprint density at radius 2 is 2.13 bits per heavy atom. The quantitative estimate of drug-likeness (QED) is 0.796. The second kappa shape index (κ2) is 4.67. The molecule has 1 atom stereocenters. The largest absolute Gasteiger partial charge is 0.309 e. The van der Waals surface area contributed by atoms with Gasteiger partial charge >= 0.3 is 0 Å². The van der Waals surface area contributed by atoms with Gasteiger partial charge in [0.05, 0.1) is 0 Å². The molecule has 0 aromatic heterocycles. The van der Waals surface area contributed by atoms with Crippen LogP contribution < -0.4 is 0 Å². The van der Waals surface area contributed by atoms with Crippen molar-refractivity contribution in [2.24, 2.45) is 5.92 Å². The normalized spacial score (nSPS) is 20.4. The van der Waals surface area contributed by atoms with E-state index in [2.05, 4.69) is 53.1 Å². The molecule has 1 aromatic carbocycles. The van der Waals surface area contributed by atoms with Gasteiger partial charge < -0.3 is 4.90 Å². The summed E-state index contributed by atoms with van der Waals surface area (Å²) in [6.07, 6.45) is 3.83.